The Morgan fingerprint density at radius 2 is 2.29 bits per heavy atom. The Labute approximate surface area is 89.7 Å². The average Bonchev–Trinajstić information content (AvgIpc) is 2.12. The summed E-state index contributed by atoms with van der Waals surface area (Å²) in [4.78, 5) is 4.19. The molecule has 0 saturated heterocycles. The third-order valence-corrected chi connectivity index (χ3v) is 3.18. The van der Waals surface area contributed by atoms with E-state index in [2.05, 4.69) is 17.2 Å². The topological polar surface area (TPSA) is 24.9 Å². The number of rotatable bonds is 3. The number of nitrogens with zero attached hydrogens (tertiary/aromatic N) is 1. The van der Waals surface area contributed by atoms with Gasteiger partial charge in [-0.05, 0) is 30.4 Å². The van der Waals surface area contributed by atoms with E-state index in [4.69, 9.17) is 11.6 Å². The Kier molecular flexibility index (Phi) is 2.64. The van der Waals surface area contributed by atoms with E-state index >= 15 is 0 Å². The van der Waals surface area contributed by atoms with Crippen molar-refractivity contribution in [1.82, 2.24) is 4.98 Å². The van der Waals surface area contributed by atoms with E-state index in [0.717, 1.165) is 12.4 Å². The van der Waals surface area contributed by atoms with Gasteiger partial charge in [0.2, 0.25) is 0 Å². The molecule has 1 saturated carbocycles. The fraction of sp³-hybridized carbons (Fsp3) is 0.545. The van der Waals surface area contributed by atoms with E-state index in [1.807, 2.05) is 12.1 Å². The normalized spacial score (nSPS) is 18.7. The molecule has 0 bridgehead atoms. The van der Waals surface area contributed by atoms with E-state index < -0.39 is 0 Å². The Morgan fingerprint density at radius 3 is 2.86 bits per heavy atom. The third kappa shape index (κ3) is 2.18. The first kappa shape index (κ1) is 9.78. The Bertz CT molecular complexity index is 321. The highest BCUT2D eigenvalue weighted by Crippen LogP contribution is 2.40. The van der Waals surface area contributed by atoms with Crippen molar-refractivity contribution in [2.75, 3.05) is 11.9 Å². The van der Waals surface area contributed by atoms with Gasteiger partial charge in [0.25, 0.3) is 0 Å². The lowest BCUT2D eigenvalue weighted by atomic mass is 9.70. The highest BCUT2D eigenvalue weighted by molar-refractivity contribution is 6.29. The summed E-state index contributed by atoms with van der Waals surface area (Å²) < 4.78 is 0. The number of anilines is 1. The maximum Gasteiger partial charge on any atom is 0.131 e. The Hall–Kier alpha value is -0.760. The second kappa shape index (κ2) is 3.77. The predicted molar refractivity (Wildman–Crippen MR) is 59.7 cm³/mol. The summed E-state index contributed by atoms with van der Waals surface area (Å²) in [5.41, 5.74) is 0.476. The van der Waals surface area contributed by atoms with Crippen molar-refractivity contribution in [3.8, 4) is 0 Å². The quantitative estimate of drug-likeness (QED) is 0.775. The molecule has 0 aliphatic heterocycles. The summed E-state index contributed by atoms with van der Waals surface area (Å²) in [6.45, 7) is 3.31. The van der Waals surface area contributed by atoms with Crippen LogP contribution in [0.2, 0.25) is 5.15 Å². The second-order valence-corrected chi connectivity index (χ2v) is 4.75. The maximum atomic E-state index is 5.79. The van der Waals surface area contributed by atoms with Crippen molar-refractivity contribution in [1.29, 1.82) is 0 Å². The summed E-state index contributed by atoms with van der Waals surface area (Å²) in [6, 6.07) is 5.66. The van der Waals surface area contributed by atoms with Gasteiger partial charge < -0.3 is 5.32 Å². The molecule has 1 aromatic rings. The fourth-order valence-electron chi connectivity index (χ4n) is 1.77. The number of hydrogen-bond donors (Lipinski definition) is 1. The van der Waals surface area contributed by atoms with Gasteiger partial charge in [-0.25, -0.2) is 4.98 Å². The molecule has 3 heteroatoms. The van der Waals surface area contributed by atoms with Crippen LogP contribution in [0.5, 0.6) is 0 Å². The van der Waals surface area contributed by atoms with Gasteiger partial charge in [-0.1, -0.05) is 31.0 Å². The van der Waals surface area contributed by atoms with E-state index in [1.165, 1.54) is 19.3 Å². The lowest BCUT2D eigenvalue weighted by Gasteiger charge is -2.38. The maximum absolute atomic E-state index is 5.79. The van der Waals surface area contributed by atoms with E-state index in [9.17, 15) is 0 Å². The van der Waals surface area contributed by atoms with Crippen LogP contribution in [-0.2, 0) is 0 Å². The van der Waals surface area contributed by atoms with E-state index in [0.29, 0.717) is 10.6 Å². The smallest absolute Gasteiger partial charge is 0.131 e. The number of hydrogen-bond acceptors (Lipinski definition) is 2. The summed E-state index contributed by atoms with van der Waals surface area (Å²) in [6.07, 6.45) is 4.00. The molecule has 0 atom stereocenters. The van der Waals surface area contributed by atoms with Crippen LogP contribution in [0.1, 0.15) is 26.2 Å². The van der Waals surface area contributed by atoms with Gasteiger partial charge in [0, 0.05) is 6.54 Å². The number of aromatic nitrogens is 1. The zero-order chi connectivity index (χ0) is 10.0. The molecule has 14 heavy (non-hydrogen) atoms. The largest absolute Gasteiger partial charge is 0.369 e. The molecule has 0 aromatic carbocycles. The molecular weight excluding hydrogens is 196 g/mol. The molecule has 0 spiro atoms. The van der Waals surface area contributed by atoms with Crippen molar-refractivity contribution >= 4 is 17.4 Å². The van der Waals surface area contributed by atoms with Gasteiger partial charge in [0.15, 0.2) is 0 Å². The number of halogens is 1. The fourth-order valence-corrected chi connectivity index (χ4v) is 1.93. The molecular formula is C11H15ClN2. The Morgan fingerprint density at radius 1 is 1.50 bits per heavy atom. The summed E-state index contributed by atoms with van der Waals surface area (Å²) in [5, 5.41) is 3.88. The van der Waals surface area contributed by atoms with Crippen molar-refractivity contribution in [2.24, 2.45) is 5.41 Å². The second-order valence-electron chi connectivity index (χ2n) is 4.36. The standard InChI is InChI=1S/C11H15ClN2/c1-11(6-3-7-11)8-13-10-5-2-4-9(12)14-10/h2,4-5H,3,6-8H2,1H3,(H,13,14). The lowest BCUT2D eigenvalue weighted by Crippen LogP contribution is -2.33. The van der Waals surface area contributed by atoms with Crippen LogP contribution in [-0.4, -0.2) is 11.5 Å². The molecule has 1 aliphatic carbocycles. The molecule has 1 heterocycles. The van der Waals surface area contributed by atoms with E-state index in [1.54, 1.807) is 6.07 Å². The van der Waals surface area contributed by atoms with Crippen LogP contribution in [0, 0.1) is 5.41 Å². The highest BCUT2D eigenvalue weighted by Gasteiger charge is 2.31. The monoisotopic (exact) mass is 210 g/mol. The van der Waals surface area contributed by atoms with Gasteiger partial charge in [0.1, 0.15) is 11.0 Å². The molecule has 0 amide bonds. The minimum atomic E-state index is 0.476. The first-order chi connectivity index (χ1) is 6.68. The SMILES string of the molecule is CC1(CNc2cccc(Cl)n2)CCC1. The van der Waals surface area contributed by atoms with Crippen molar-refractivity contribution in [3.05, 3.63) is 23.4 Å². The summed E-state index contributed by atoms with van der Waals surface area (Å²) >= 11 is 5.79. The summed E-state index contributed by atoms with van der Waals surface area (Å²) in [5.74, 6) is 0.880. The van der Waals surface area contributed by atoms with Crippen molar-refractivity contribution < 1.29 is 0 Å². The van der Waals surface area contributed by atoms with Crippen LogP contribution in [0.15, 0.2) is 18.2 Å². The minimum absolute atomic E-state index is 0.476. The summed E-state index contributed by atoms with van der Waals surface area (Å²) in [7, 11) is 0. The van der Waals surface area contributed by atoms with Gasteiger partial charge >= 0.3 is 0 Å². The zero-order valence-corrected chi connectivity index (χ0v) is 9.14. The van der Waals surface area contributed by atoms with Gasteiger partial charge in [-0.3, -0.25) is 0 Å². The first-order valence-electron chi connectivity index (χ1n) is 5.04. The van der Waals surface area contributed by atoms with Crippen LogP contribution in [0.25, 0.3) is 0 Å². The average molecular weight is 211 g/mol. The molecule has 0 unspecified atom stereocenters. The van der Waals surface area contributed by atoms with Crippen molar-refractivity contribution in [2.45, 2.75) is 26.2 Å². The molecule has 2 rings (SSSR count). The molecule has 1 aromatic heterocycles. The molecule has 1 aliphatic rings. The van der Waals surface area contributed by atoms with Gasteiger partial charge in [0.05, 0.1) is 0 Å². The molecule has 0 radical (unpaired) electrons. The highest BCUT2D eigenvalue weighted by atomic mass is 35.5. The van der Waals surface area contributed by atoms with Crippen molar-refractivity contribution in [3.63, 3.8) is 0 Å². The minimum Gasteiger partial charge on any atom is -0.369 e. The number of pyridine rings is 1. The van der Waals surface area contributed by atoms with Gasteiger partial charge in [-0.15, -0.1) is 0 Å². The lowest BCUT2D eigenvalue weighted by molar-refractivity contribution is 0.180. The molecule has 1 N–H and O–H groups in total. The number of nitrogens with one attached hydrogen (secondary N) is 1. The molecule has 76 valence electrons. The van der Waals surface area contributed by atoms with Crippen LogP contribution in [0.3, 0.4) is 0 Å². The molecule has 1 fully saturated rings. The Balaban J connectivity index is 1.91. The molecule has 2 nitrogen and oxygen atoms in total. The first-order valence-corrected chi connectivity index (χ1v) is 5.42. The van der Waals surface area contributed by atoms with Crippen LogP contribution in [0.4, 0.5) is 5.82 Å². The third-order valence-electron chi connectivity index (χ3n) is 2.97. The predicted octanol–water partition coefficient (Wildman–Crippen LogP) is 3.34. The van der Waals surface area contributed by atoms with Gasteiger partial charge in [-0.2, -0.15) is 0 Å². The van der Waals surface area contributed by atoms with E-state index in [-0.39, 0.29) is 0 Å². The van der Waals surface area contributed by atoms with Crippen LogP contribution < -0.4 is 5.32 Å². The van der Waals surface area contributed by atoms with Crippen LogP contribution >= 0.6 is 11.6 Å². The zero-order valence-electron chi connectivity index (χ0n) is 8.39.